The molecule has 0 saturated carbocycles. The number of aromatic nitrogens is 2. The topological polar surface area (TPSA) is 46.1 Å². The fraction of sp³-hybridized carbons (Fsp3) is 0.409. The molecule has 0 atom stereocenters. The van der Waals surface area contributed by atoms with Crippen molar-refractivity contribution in [2.75, 3.05) is 19.6 Å². The Morgan fingerprint density at radius 1 is 1.21 bits per heavy atom. The molecule has 1 aromatic carbocycles. The van der Waals surface area contributed by atoms with Crippen LogP contribution in [-0.4, -0.2) is 46.2 Å². The van der Waals surface area contributed by atoms with Crippen molar-refractivity contribution in [1.29, 1.82) is 0 Å². The van der Waals surface area contributed by atoms with Crippen LogP contribution < -0.4 is 0 Å². The Balaban J connectivity index is 1.42. The van der Waals surface area contributed by atoms with Crippen LogP contribution in [0.4, 0.5) is 8.78 Å². The van der Waals surface area contributed by atoms with Crippen LogP contribution in [0.3, 0.4) is 0 Å². The second kappa shape index (κ2) is 8.24. The predicted molar refractivity (Wildman–Crippen MR) is 111 cm³/mol. The molecule has 2 aromatic heterocycles. The fourth-order valence-corrected chi connectivity index (χ4v) is 4.54. The Labute approximate surface area is 172 Å². The van der Waals surface area contributed by atoms with Crippen LogP contribution in [0.1, 0.15) is 25.5 Å². The Bertz CT molecular complexity index is 993. The highest BCUT2D eigenvalue weighted by molar-refractivity contribution is 7.13. The number of carbonyl (C=O) groups excluding carboxylic acids is 1. The predicted octanol–water partition coefficient (Wildman–Crippen LogP) is 4.84. The molecule has 0 bridgehead atoms. The second-order valence-electron chi connectivity index (χ2n) is 7.87. The number of likely N-dealkylation sites (tertiary alicyclic amines) is 1. The minimum absolute atomic E-state index is 0.0715. The molecule has 1 fully saturated rings. The number of hydrogen-bond donors (Lipinski definition) is 0. The molecule has 0 radical (unpaired) electrons. The molecule has 1 aliphatic heterocycles. The largest absolute Gasteiger partial charge is 0.299 e. The summed E-state index contributed by atoms with van der Waals surface area (Å²) in [6.07, 6.45) is 5.21. The zero-order chi connectivity index (χ0) is 20.4. The number of fused-ring (bicyclic) bond motifs is 1. The van der Waals surface area contributed by atoms with Gasteiger partial charge in [-0.25, -0.2) is 8.78 Å². The molecule has 4 nitrogen and oxygen atoms in total. The smallest absolute Gasteiger partial charge is 0.257 e. The zero-order valence-corrected chi connectivity index (χ0v) is 17.1. The van der Waals surface area contributed by atoms with Gasteiger partial charge in [-0.3, -0.25) is 19.7 Å². The van der Waals surface area contributed by atoms with Crippen LogP contribution in [-0.2, 0) is 11.2 Å². The molecule has 0 spiro atoms. The molecule has 3 aromatic rings. The SMILES string of the molecule is CC(F)(F)CN1CCC(C(=O)Cc2cc3cc(-c4cncs4)ccc3cn2)CC1. The molecule has 7 heteroatoms. The summed E-state index contributed by atoms with van der Waals surface area (Å²) < 4.78 is 26.4. The third-order valence-corrected chi connectivity index (χ3v) is 6.22. The highest BCUT2D eigenvalue weighted by atomic mass is 32.1. The summed E-state index contributed by atoms with van der Waals surface area (Å²) in [4.78, 5) is 24.2. The van der Waals surface area contributed by atoms with Crippen molar-refractivity contribution in [3.63, 3.8) is 0 Å². The van der Waals surface area contributed by atoms with Crippen molar-refractivity contribution in [2.45, 2.75) is 32.1 Å². The zero-order valence-electron chi connectivity index (χ0n) is 16.3. The lowest BCUT2D eigenvalue weighted by atomic mass is 9.90. The molecule has 0 aliphatic carbocycles. The average molecular weight is 416 g/mol. The molecule has 0 unspecified atom stereocenters. The van der Waals surface area contributed by atoms with E-state index in [2.05, 4.69) is 22.1 Å². The monoisotopic (exact) mass is 415 g/mol. The number of nitrogens with zero attached hydrogens (tertiary/aromatic N) is 3. The van der Waals surface area contributed by atoms with Gasteiger partial charge in [0.25, 0.3) is 5.92 Å². The van der Waals surface area contributed by atoms with E-state index in [4.69, 9.17) is 0 Å². The molecule has 4 rings (SSSR count). The van der Waals surface area contributed by atoms with Gasteiger partial charge in [0.05, 0.1) is 16.9 Å². The number of Topliss-reactive ketones (excluding diaryl/α,β-unsaturated/α-hetero) is 1. The molecular formula is C22H23F2N3OS. The summed E-state index contributed by atoms with van der Waals surface area (Å²) in [6, 6.07) is 8.16. The van der Waals surface area contributed by atoms with E-state index >= 15 is 0 Å². The fourth-order valence-electron chi connectivity index (χ4n) is 3.92. The number of thiazole rings is 1. The molecule has 0 N–H and O–H groups in total. The number of carbonyl (C=O) groups is 1. The first-order valence-electron chi connectivity index (χ1n) is 9.78. The minimum Gasteiger partial charge on any atom is -0.299 e. The standard InChI is InChI=1S/C22H23F2N3OS/c1-22(23,24)13-27-6-4-15(5-7-27)20(28)10-19-9-18-8-16(21-12-25-14-29-21)2-3-17(18)11-26-19/h2-3,8-9,11-12,14-15H,4-7,10,13H2,1H3. The summed E-state index contributed by atoms with van der Waals surface area (Å²) >= 11 is 1.59. The number of hydrogen-bond acceptors (Lipinski definition) is 5. The van der Waals surface area contributed by atoms with E-state index in [0.717, 1.165) is 33.8 Å². The van der Waals surface area contributed by atoms with Crippen molar-refractivity contribution in [2.24, 2.45) is 5.92 Å². The van der Waals surface area contributed by atoms with E-state index in [1.54, 1.807) is 22.4 Å². The molecule has 152 valence electrons. The third-order valence-electron chi connectivity index (χ3n) is 5.39. The van der Waals surface area contributed by atoms with Gasteiger partial charge in [0.2, 0.25) is 0 Å². The van der Waals surface area contributed by atoms with Crippen molar-refractivity contribution >= 4 is 27.9 Å². The van der Waals surface area contributed by atoms with Crippen LogP contribution in [0.25, 0.3) is 21.2 Å². The van der Waals surface area contributed by atoms with E-state index in [1.165, 1.54) is 0 Å². The Kier molecular flexibility index (Phi) is 5.69. The van der Waals surface area contributed by atoms with Gasteiger partial charge in [0, 0.05) is 42.7 Å². The highest BCUT2D eigenvalue weighted by Gasteiger charge is 2.30. The summed E-state index contributed by atoms with van der Waals surface area (Å²) in [5.41, 5.74) is 3.67. The first-order valence-corrected chi connectivity index (χ1v) is 10.7. The number of benzene rings is 1. The van der Waals surface area contributed by atoms with Crippen molar-refractivity contribution < 1.29 is 13.6 Å². The summed E-state index contributed by atoms with van der Waals surface area (Å²) in [5.74, 6) is -2.61. The lowest BCUT2D eigenvalue weighted by Crippen LogP contribution is -2.42. The van der Waals surface area contributed by atoms with Gasteiger partial charge in [-0.2, -0.15) is 0 Å². The molecule has 3 heterocycles. The van der Waals surface area contributed by atoms with Gasteiger partial charge in [0.1, 0.15) is 5.78 Å². The lowest BCUT2D eigenvalue weighted by molar-refractivity contribution is -0.124. The average Bonchev–Trinajstić information content (AvgIpc) is 3.21. The van der Waals surface area contributed by atoms with Gasteiger partial charge in [0.15, 0.2) is 0 Å². The molecule has 0 amide bonds. The van der Waals surface area contributed by atoms with E-state index in [9.17, 15) is 13.6 Å². The molecule has 1 saturated heterocycles. The number of pyridine rings is 1. The minimum atomic E-state index is -2.69. The van der Waals surface area contributed by atoms with E-state index in [1.807, 2.05) is 23.8 Å². The summed E-state index contributed by atoms with van der Waals surface area (Å²) in [7, 11) is 0. The quantitative estimate of drug-likeness (QED) is 0.578. The van der Waals surface area contributed by atoms with E-state index in [0.29, 0.717) is 25.9 Å². The molecule has 1 aliphatic rings. The van der Waals surface area contributed by atoms with Crippen molar-refractivity contribution in [3.8, 4) is 10.4 Å². The molecular weight excluding hydrogens is 392 g/mol. The number of piperidine rings is 1. The van der Waals surface area contributed by atoms with Crippen LogP contribution in [0.15, 0.2) is 42.2 Å². The first kappa shape index (κ1) is 20.0. The number of rotatable bonds is 6. The Morgan fingerprint density at radius 3 is 2.69 bits per heavy atom. The van der Waals surface area contributed by atoms with E-state index in [-0.39, 0.29) is 24.7 Å². The maximum absolute atomic E-state index is 13.2. The van der Waals surface area contributed by atoms with Gasteiger partial charge >= 0.3 is 0 Å². The summed E-state index contributed by atoms with van der Waals surface area (Å²) in [5, 5.41) is 2.08. The lowest BCUT2D eigenvalue weighted by Gasteiger charge is -2.32. The molecule has 29 heavy (non-hydrogen) atoms. The maximum atomic E-state index is 13.2. The third kappa shape index (κ3) is 5.03. The van der Waals surface area contributed by atoms with Crippen LogP contribution in [0.2, 0.25) is 0 Å². The number of alkyl halides is 2. The van der Waals surface area contributed by atoms with Gasteiger partial charge in [-0.05, 0) is 49.0 Å². The Morgan fingerprint density at radius 2 is 2.00 bits per heavy atom. The van der Waals surface area contributed by atoms with Crippen LogP contribution >= 0.6 is 11.3 Å². The van der Waals surface area contributed by atoms with Crippen molar-refractivity contribution in [1.82, 2.24) is 14.9 Å². The van der Waals surface area contributed by atoms with Gasteiger partial charge in [-0.15, -0.1) is 11.3 Å². The first-order chi connectivity index (χ1) is 13.9. The maximum Gasteiger partial charge on any atom is 0.257 e. The number of halogens is 2. The van der Waals surface area contributed by atoms with Crippen molar-refractivity contribution in [3.05, 3.63) is 47.9 Å². The van der Waals surface area contributed by atoms with Crippen LogP contribution in [0.5, 0.6) is 0 Å². The van der Waals surface area contributed by atoms with E-state index < -0.39 is 5.92 Å². The summed E-state index contributed by atoms with van der Waals surface area (Å²) in [6.45, 7) is 1.80. The highest BCUT2D eigenvalue weighted by Crippen LogP contribution is 2.28. The number of ketones is 1. The van der Waals surface area contributed by atoms with Gasteiger partial charge in [-0.1, -0.05) is 12.1 Å². The second-order valence-corrected chi connectivity index (χ2v) is 8.75. The van der Waals surface area contributed by atoms with Gasteiger partial charge < -0.3 is 0 Å². The Hall–Kier alpha value is -2.25. The normalized spacial score (nSPS) is 16.4. The van der Waals surface area contributed by atoms with Crippen LogP contribution in [0, 0.1) is 5.92 Å².